The van der Waals surface area contributed by atoms with Gasteiger partial charge in [0.2, 0.25) is 23.6 Å². The molecule has 0 radical (unpaired) electrons. The van der Waals surface area contributed by atoms with Gasteiger partial charge in [0, 0.05) is 29.4 Å². The highest BCUT2D eigenvalue weighted by molar-refractivity contribution is 6.30. The number of hydrogen-bond acceptors (Lipinski definition) is 9. The summed E-state index contributed by atoms with van der Waals surface area (Å²) >= 11 is 6.15. The van der Waals surface area contributed by atoms with E-state index in [0.29, 0.717) is 52.3 Å². The quantitative estimate of drug-likeness (QED) is 0.271. The number of imidazole rings is 1. The second kappa shape index (κ2) is 10.6. The molecule has 2 heterocycles. The van der Waals surface area contributed by atoms with Crippen LogP contribution in [0.2, 0.25) is 5.02 Å². The zero-order valence-corrected chi connectivity index (χ0v) is 21.2. The lowest BCUT2D eigenvalue weighted by Gasteiger charge is -2.15. The standard InChI is InChI=1S/C26H24ClN7O3/c1-35-21-12-18(13-22(36-2)23(21)37-3)31-24-29-15-30-26(33-24)34-20-10-5-4-9-19(20)32-25(34)28-14-16-7-6-8-17(27)11-16/h4-13,15H,14H2,1-3H3,(H,28,32)(H,29,30,31,33). The maximum absolute atomic E-state index is 6.15. The summed E-state index contributed by atoms with van der Waals surface area (Å²) in [6.07, 6.45) is 1.44. The van der Waals surface area contributed by atoms with E-state index in [1.54, 1.807) is 33.5 Å². The average molecular weight is 518 g/mol. The Morgan fingerprint density at radius 1 is 0.865 bits per heavy atom. The maximum atomic E-state index is 6.15. The predicted octanol–water partition coefficient (Wildman–Crippen LogP) is 5.25. The summed E-state index contributed by atoms with van der Waals surface area (Å²) in [4.78, 5) is 18.1. The van der Waals surface area contributed by atoms with Crippen molar-refractivity contribution in [1.29, 1.82) is 0 Å². The van der Waals surface area contributed by atoms with Crippen LogP contribution < -0.4 is 24.8 Å². The van der Waals surface area contributed by atoms with Crippen molar-refractivity contribution >= 4 is 40.2 Å². The van der Waals surface area contributed by atoms with E-state index in [1.807, 2.05) is 53.1 Å². The number of rotatable bonds is 9. The molecule has 11 heteroatoms. The average Bonchev–Trinajstić information content (AvgIpc) is 3.30. The summed E-state index contributed by atoms with van der Waals surface area (Å²) in [6, 6.07) is 19.0. The first-order valence-electron chi connectivity index (χ1n) is 11.3. The molecule has 0 aliphatic heterocycles. The second-order valence-electron chi connectivity index (χ2n) is 7.89. The number of benzene rings is 3. The van der Waals surface area contributed by atoms with Crippen LogP contribution in [0.15, 0.2) is 67.0 Å². The summed E-state index contributed by atoms with van der Waals surface area (Å²) in [7, 11) is 4.67. The van der Waals surface area contributed by atoms with Gasteiger partial charge in [0.15, 0.2) is 11.5 Å². The van der Waals surface area contributed by atoms with Crippen molar-refractivity contribution in [1.82, 2.24) is 24.5 Å². The van der Waals surface area contributed by atoms with E-state index in [-0.39, 0.29) is 0 Å². The van der Waals surface area contributed by atoms with Crippen molar-refractivity contribution in [2.24, 2.45) is 0 Å². The number of nitrogens with one attached hydrogen (secondary N) is 2. The molecule has 0 saturated heterocycles. The van der Waals surface area contributed by atoms with Gasteiger partial charge in [-0.2, -0.15) is 4.98 Å². The van der Waals surface area contributed by atoms with Gasteiger partial charge in [-0.15, -0.1) is 0 Å². The molecule has 0 aliphatic rings. The van der Waals surface area contributed by atoms with Gasteiger partial charge in [-0.05, 0) is 29.8 Å². The second-order valence-corrected chi connectivity index (χ2v) is 8.33. The van der Waals surface area contributed by atoms with Crippen molar-refractivity contribution in [2.45, 2.75) is 6.54 Å². The summed E-state index contributed by atoms with van der Waals surface area (Å²) in [6.45, 7) is 0.519. The van der Waals surface area contributed by atoms with E-state index in [2.05, 4.69) is 25.6 Å². The monoisotopic (exact) mass is 517 g/mol. The van der Waals surface area contributed by atoms with E-state index >= 15 is 0 Å². The first-order chi connectivity index (χ1) is 18.1. The predicted molar refractivity (Wildman–Crippen MR) is 143 cm³/mol. The molecule has 37 heavy (non-hydrogen) atoms. The summed E-state index contributed by atoms with van der Waals surface area (Å²) in [5.41, 5.74) is 3.32. The van der Waals surface area contributed by atoms with Crippen molar-refractivity contribution < 1.29 is 14.2 Å². The van der Waals surface area contributed by atoms with Gasteiger partial charge >= 0.3 is 0 Å². The Morgan fingerprint density at radius 3 is 2.38 bits per heavy atom. The zero-order chi connectivity index (χ0) is 25.8. The molecule has 2 aromatic heterocycles. The summed E-state index contributed by atoms with van der Waals surface area (Å²) in [5.74, 6) is 2.82. The number of ether oxygens (including phenoxy) is 3. The van der Waals surface area contributed by atoms with E-state index in [1.165, 1.54) is 6.33 Å². The molecule has 0 fully saturated rings. The topological polar surface area (TPSA) is 108 Å². The fourth-order valence-corrected chi connectivity index (χ4v) is 4.13. The van der Waals surface area contributed by atoms with Crippen molar-refractivity contribution in [3.63, 3.8) is 0 Å². The highest BCUT2D eigenvalue weighted by Gasteiger charge is 2.17. The lowest BCUT2D eigenvalue weighted by atomic mass is 10.2. The minimum absolute atomic E-state index is 0.331. The minimum Gasteiger partial charge on any atom is -0.493 e. The fourth-order valence-electron chi connectivity index (χ4n) is 3.91. The number of nitrogens with zero attached hydrogens (tertiary/aromatic N) is 5. The highest BCUT2D eigenvalue weighted by atomic mass is 35.5. The van der Waals surface area contributed by atoms with Gasteiger partial charge in [0.05, 0.1) is 32.4 Å². The van der Waals surface area contributed by atoms with Crippen molar-refractivity contribution in [3.8, 4) is 23.2 Å². The van der Waals surface area contributed by atoms with Crippen LogP contribution in [-0.4, -0.2) is 45.8 Å². The first kappa shape index (κ1) is 24.1. The van der Waals surface area contributed by atoms with E-state index in [0.717, 1.165) is 16.6 Å². The van der Waals surface area contributed by atoms with Gasteiger partial charge in [-0.25, -0.2) is 19.5 Å². The Hall–Kier alpha value is -4.57. The van der Waals surface area contributed by atoms with E-state index in [4.69, 9.17) is 30.8 Å². The van der Waals surface area contributed by atoms with Gasteiger partial charge < -0.3 is 24.8 Å². The molecule has 0 amide bonds. The van der Waals surface area contributed by atoms with Crippen LogP contribution in [-0.2, 0) is 6.54 Å². The lowest BCUT2D eigenvalue weighted by Crippen LogP contribution is -2.10. The Kier molecular flexibility index (Phi) is 6.91. The Bertz CT molecular complexity index is 1530. The van der Waals surface area contributed by atoms with Crippen LogP contribution >= 0.6 is 11.6 Å². The molecule has 0 unspecified atom stereocenters. The number of aromatic nitrogens is 5. The molecule has 10 nitrogen and oxygen atoms in total. The third kappa shape index (κ3) is 5.05. The van der Waals surface area contributed by atoms with Crippen LogP contribution in [0.5, 0.6) is 17.2 Å². The molecule has 0 bridgehead atoms. The Morgan fingerprint density at radius 2 is 1.65 bits per heavy atom. The number of para-hydroxylation sites is 2. The van der Waals surface area contributed by atoms with Gasteiger partial charge in [0.25, 0.3) is 0 Å². The van der Waals surface area contributed by atoms with Crippen molar-refractivity contribution in [3.05, 3.63) is 77.6 Å². The zero-order valence-electron chi connectivity index (χ0n) is 20.4. The molecule has 2 N–H and O–H groups in total. The van der Waals surface area contributed by atoms with Gasteiger partial charge in [-0.3, -0.25) is 0 Å². The number of methoxy groups -OCH3 is 3. The van der Waals surface area contributed by atoms with Gasteiger partial charge in [0.1, 0.15) is 6.33 Å². The lowest BCUT2D eigenvalue weighted by molar-refractivity contribution is 0.324. The van der Waals surface area contributed by atoms with Crippen LogP contribution in [0.4, 0.5) is 17.6 Å². The van der Waals surface area contributed by atoms with Crippen LogP contribution in [0.25, 0.3) is 17.0 Å². The summed E-state index contributed by atoms with van der Waals surface area (Å²) < 4.78 is 18.1. The number of halogens is 1. The third-order valence-electron chi connectivity index (χ3n) is 5.58. The Labute approximate surface area is 218 Å². The molecule has 5 rings (SSSR count). The Balaban J connectivity index is 1.50. The number of hydrogen-bond donors (Lipinski definition) is 2. The normalized spacial score (nSPS) is 10.8. The molecule has 0 spiro atoms. The van der Waals surface area contributed by atoms with E-state index in [9.17, 15) is 0 Å². The highest BCUT2D eigenvalue weighted by Crippen LogP contribution is 2.40. The molecule has 0 saturated carbocycles. The molecule has 5 aromatic rings. The smallest absolute Gasteiger partial charge is 0.241 e. The van der Waals surface area contributed by atoms with Gasteiger partial charge in [-0.1, -0.05) is 35.9 Å². The van der Waals surface area contributed by atoms with Crippen LogP contribution in [0.1, 0.15) is 5.56 Å². The maximum Gasteiger partial charge on any atom is 0.241 e. The molecular weight excluding hydrogens is 494 g/mol. The first-order valence-corrected chi connectivity index (χ1v) is 11.7. The SMILES string of the molecule is COc1cc(Nc2ncnc(-n3c(NCc4cccc(Cl)c4)nc4ccccc43)n2)cc(OC)c1OC. The van der Waals surface area contributed by atoms with E-state index < -0.39 is 0 Å². The number of anilines is 3. The molecule has 3 aromatic carbocycles. The van der Waals surface area contributed by atoms with Crippen molar-refractivity contribution in [2.75, 3.05) is 32.0 Å². The fraction of sp³-hybridized carbons (Fsp3) is 0.154. The largest absolute Gasteiger partial charge is 0.493 e. The van der Waals surface area contributed by atoms with Crippen LogP contribution in [0, 0.1) is 0 Å². The van der Waals surface area contributed by atoms with Crippen LogP contribution in [0.3, 0.4) is 0 Å². The molecular formula is C26H24ClN7O3. The third-order valence-corrected chi connectivity index (χ3v) is 5.82. The summed E-state index contributed by atoms with van der Waals surface area (Å²) in [5, 5.41) is 7.25. The molecule has 0 atom stereocenters. The molecule has 188 valence electrons. The molecule has 0 aliphatic carbocycles. The number of fused-ring (bicyclic) bond motifs is 1. The minimum atomic E-state index is 0.331.